The van der Waals surface area contributed by atoms with Crippen LogP contribution in [0.1, 0.15) is 16.6 Å². The lowest BCUT2D eigenvalue weighted by molar-refractivity contribution is -0.384. The average Bonchev–Trinajstić information content (AvgIpc) is 3.19. The third-order valence-corrected chi connectivity index (χ3v) is 6.21. The van der Waals surface area contributed by atoms with Crippen LogP contribution in [0.25, 0.3) is 5.69 Å². The Labute approximate surface area is 170 Å². The Morgan fingerprint density at radius 2 is 1.83 bits per heavy atom. The van der Waals surface area contributed by atoms with E-state index in [0.717, 1.165) is 0 Å². The van der Waals surface area contributed by atoms with Gasteiger partial charge >= 0.3 is 0 Å². The number of hydrogen-bond donors (Lipinski definition) is 0. The summed E-state index contributed by atoms with van der Waals surface area (Å²) in [6, 6.07) is 15.4. The number of benzene rings is 2. The molecule has 1 aliphatic rings. The molecule has 1 unspecified atom stereocenters. The summed E-state index contributed by atoms with van der Waals surface area (Å²) < 4.78 is 3.24. The molecule has 0 N–H and O–H groups in total. The molecule has 29 heavy (non-hydrogen) atoms. The van der Waals surface area contributed by atoms with E-state index >= 15 is 0 Å². The molecule has 0 saturated carbocycles. The number of nitro benzene ring substituents is 1. The van der Waals surface area contributed by atoms with E-state index in [1.54, 1.807) is 30.8 Å². The zero-order valence-corrected chi connectivity index (χ0v) is 16.6. The van der Waals surface area contributed by atoms with Gasteiger partial charge in [0.1, 0.15) is 11.1 Å². The number of para-hydroxylation sites is 1. The minimum absolute atomic E-state index is 0.0473. The number of nitro groups is 1. The SMILES string of the molecule is Cc1c(N2C(=O)CSC2c2cccc([N+](=O)[O-])c2)c(=O)n(-c2ccccc2)n1C. The number of carbonyl (C=O) groups excluding carboxylic acids is 1. The fraction of sp³-hybridized carbons (Fsp3) is 0.200. The molecule has 0 bridgehead atoms. The Morgan fingerprint density at radius 1 is 1.10 bits per heavy atom. The van der Waals surface area contributed by atoms with Crippen molar-refractivity contribution < 1.29 is 9.72 Å². The van der Waals surface area contributed by atoms with Crippen LogP contribution in [0.2, 0.25) is 0 Å². The molecular weight excluding hydrogens is 392 g/mol. The molecule has 1 amide bonds. The minimum atomic E-state index is -0.500. The van der Waals surface area contributed by atoms with Crippen molar-refractivity contribution in [3.05, 3.63) is 86.3 Å². The van der Waals surface area contributed by atoms with Crippen molar-refractivity contribution in [2.45, 2.75) is 12.3 Å². The number of hydrogen-bond acceptors (Lipinski definition) is 5. The van der Waals surface area contributed by atoms with Crippen molar-refractivity contribution in [3.8, 4) is 5.69 Å². The van der Waals surface area contributed by atoms with Gasteiger partial charge in [-0.05, 0) is 24.6 Å². The van der Waals surface area contributed by atoms with Crippen molar-refractivity contribution in [1.82, 2.24) is 9.36 Å². The van der Waals surface area contributed by atoms with Crippen molar-refractivity contribution in [2.75, 3.05) is 10.7 Å². The summed E-state index contributed by atoms with van der Waals surface area (Å²) in [6.07, 6.45) is 0. The van der Waals surface area contributed by atoms with Crippen molar-refractivity contribution in [3.63, 3.8) is 0 Å². The number of carbonyl (C=O) groups is 1. The van der Waals surface area contributed by atoms with Crippen molar-refractivity contribution >= 4 is 29.0 Å². The normalized spacial score (nSPS) is 16.4. The Balaban J connectivity index is 1.85. The molecule has 8 nitrogen and oxygen atoms in total. The molecule has 1 atom stereocenters. The van der Waals surface area contributed by atoms with Crippen molar-refractivity contribution in [2.24, 2.45) is 7.05 Å². The first kappa shape index (κ1) is 19.0. The van der Waals surface area contributed by atoms with Gasteiger partial charge < -0.3 is 0 Å². The van der Waals surface area contributed by atoms with Crippen LogP contribution < -0.4 is 10.5 Å². The Hall–Kier alpha value is -3.33. The van der Waals surface area contributed by atoms with E-state index in [-0.39, 0.29) is 22.9 Å². The summed E-state index contributed by atoms with van der Waals surface area (Å²) in [6.45, 7) is 1.79. The van der Waals surface area contributed by atoms with E-state index in [9.17, 15) is 19.7 Å². The van der Waals surface area contributed by atoms with E-state index in [2.05, 4.69) is 0 Å². The Morgan fingerprint density at radius 3 is 2.52 bits per heavy atom. The first-order valence-corrected chi connectivity index (χ1v) is 9.97. The molecule has 4 rings (SSSR count). The molecule has 2 aromatic carbocycles. The monoisotopic (exact) mass is 410 g/mol. The third kappa shape index (κ3) is 3.13. The number of aromatic nitrogens is 2. The van der Waals surface area contributed by atoms with Gasteiger partial charge in [-0.1, -0.05) is 30.3 Å². The van der Waals surface area contributed by atoms with Crippen LogP contribution in [0.5, 0.6) is 0 Å². The van der Waals surface area contributed by atoms with E-state index in [1.165, 1.54) is 33.5 Å². The van der Waals surface area contributed by atoms with E-state index in [4.69, 9.17) is 0 Å². The summed E-state index contributed by atoms with van der Waals surface area (Å²) in [4.78, 5) is 38.2. The largest absolute Gasteiger partial charge is 0.295 e. The van der Waals surface area contributed by atoms with Gasteiger partial charge in [0.2, 0.25) is 5.91 Å². The molecular formula is C20H18N4O4S. The van der Waals surface area contributed by atoms with E-state index in [0.29, 0.717) is 22.6 Å². The zero-order valence-electron chi connectivity index (χ0n) is 15.8. The lowest BCUT2D eigenvalue weighted by Gasteiger charge is -2.23. The first-order chi connectivity index (χ1) is 13.9. The van der Waals surface area contributed by atoms with E-state index in [1.807, 2.05) is 30.3 Å². The predicted molar refractivity (Wildman–Crippen MR) is 112 cm³/mol. The van der Waals surface area contributed by atoms with Crippen LogP contribution in [-0.4, -0.2) is 25.9 Å². The van der Waals surface area contributed by atoms with Gasteiger partial charge in [0.15, 0.2) is 0 Å². The van der Waals surface area contributed by atoms with Gasteiger partial charge in [-0.25, -0.2) is 4.68 Å². The molecule has 1 aromatic heterocycles. The second kappa shape index (κ2) is 7.25. The number of nitrogens with zero attached hydrogens (tertiary/aromatic N) is 4. The quantitative estimate of drug-likeness (QED) is 0.487. The smallest absolute Gasteiger partial charge is 0.288 e. The molecule has 0 aliphatic carbocycles. The standard InChI is InChI=1S/C20H18N4O4S/c1-13-18(19(26)23(21(13)2)15-8-4-3-5-9-15)22-17(25)12-29-20(22)14-7-6-10-16(11-14)24(27)28/h3-11,20H,12H2,1-2H3. The number of rotatable bonds is 4. The molecule has 9 heteroatoms. The number of thioether (sulfide) groups is 1. The molecule has 0 spiro atoms. The molecule has 2 heterocycles. The maximum absolute atomic E-state index is 13.3. The lowest BCUT2D eigenvalue weighted by atomic mass is 10.1. The van der Waals surface area contributed by atoms with Gasteiger partial charge in [-0.2, -0.15) is 0 Å². The van der Waals surface area contributed by atoms with Crippen LogP contribution in [0.3, 0.4) is 0 Å². The molecule has 0 radical (unpaired) electrons. The molecule has 3 aromatic rings. The lowest BCUT2D eigenvalue weighted by Crippen LogP contribution is -2.33. The van der Waals surface area contributed by atoms with Crippen molar-refractivity contribution in [1.29, 1.82) is 0 Å². The second-order valence-corrected chi connectivity index (χ2v) is 7.76. The van der Waals surface area contributed by atoms with Crippen LogP contribution in [0.15, 0.2) is 59.4 Å². The summed E-state index contributed by atoms with van der Waals surface area (Å²) in [5, 5.41) is 10.7. The van der Waals surface area contributed by atoms with Gasteiger partial charge in [0.25, 0.3) is 11.2 Å². The molecule has 1 fully saturated rings. The highest BCUT2D eigenvalue weighted by Gasteiger charge is 2.38. The van der Waals surface area contributed by atoms with Crippen LogP contribution >= 0.6 is 11.8 Å². The number of anilines is 1. The highest BCUT2D eigenvalue weighted by atomic mass is 32.2. The number of amides is 1. The zero-order chi connectivity index (χ0) is 20.7. The molecule has 1 aliphatic heterocycles. The molecule has 1 saturated heterocycles. The van der Waals surface area contributed by atoms with Gasteiger partial charge in [-0.15, -0.1) is 11.8 Å². The van der Waals surface area contributed by atoms with Crippen LogP contribution in [0.4, 0.5) is 11.4 Å². The third-order valence-electron chi connectivity index (χ3n) is 5.00. The highest BCUT2D eigenvalue weighted by molar-refractivity contribution is 8.00. The fourth-order valence-electron chi connectivity index (χ4n) is 3.54. The summed E-state index contributed by atoms with van der Waals surface area (Å²) >= 11 is 1.35. The summed E-state index contributed by atoms with van der Waals surface area (Å²) in [7, 11) is 1.77. The number of non-ortho nitro benzene ring substituents is 1. The fourth-order valence-corrected chi connectivity index (χ4v) is 4.69. The van der Waals surface area contributed by atoms with Gasteiger partial charge in [-0.3, -0.25) is 29.3 Å². The maximum atomic E-state index is 13.3. The second-order valence-electron chi connectivity index (χ2n) is 6.69. The first-order valence-electron chi connectivity index (χ1n) is 8.92. The van der Waals surface area contributed by atoms with Crippen LogP contribution in [-0.2, 0) is 11.8 Å². The van der Waals surface area contributed by atoms with Crippen LogP contribution in [0, 0.1) is 17.0 Å². The molecule has 148 valence electrons. The highest BCUT2D eigenvalue weighted by Crippen LogP contribution is 2.42. The summed E-state index contributed by atoms with van der Waals surface area (Å²) in [5.41, 5.74) is 1.90. The topological polar surface area (TPSA) is 90.4 Å². The van der Waals surface area contributed by atoms with Gasteiger partial charge in [0, 0.05) is 19.2 Å². The maximum Gasteiger partial charge on any atom is 0.295 e. The predicted octanol–water partition coefficient (Wildman–Crippen LogP) is 3.17. The average molecular weight is 410 g/mol. The Bertz CT molecular complexity index is 1170. The minimum Gasteiger partial charge on any atom is -0.288 e. The summed E-state index contributed by atoms with van der Waals surface area (Å²) in [5.74, 6) is 0.00412. The van der Waals surface area contributed by atoms with Gasteiger partial charge in [0.05, 0.1) is 22.1 Å². The Kier molecular flexibility index (Phi) is 4.75. The van der Waals surface area contributed by atoms with E-state index < -0.39 is 10.3 Å².